The number of thioether (sulfide) groups is 1. The standard InChI is InChI=1S/C12H18FNS/c1-8(2)9(3)15-7-10-4-11(13)6-12(14)5-10/h4-6,8-9H,7,14H2,1-3H3. The number of hydrogen-bond acceptors (Lipinski definition) is 2. The highest BCUT2D eigenvalue weighted by molar-refractivity contribution is 7.99. The minimum atomic E-state index is -0.247. The lowest BCUT2D eigenvalue weighted by molar-refractivity contribution is 0.627. The third-order valence-electron chi connectivity index (χ3n) is 2.43. The first-order valence-corrected chi connectivity index (χ1v) is 6.20. The van der Waals surface area contributed by atoms with Gasteiger partial charge in [-0.3, -0.25) is 0 Å². The van der Waals surface area contributed by atoms with Crippen molar-refractivity contribution >= 4 is 17.4 Å². The molecule has 0 spiro atoms. The van der Waals surface area contributed by atoms with Gasteiger partial charge < -0.3 is 5.73 Å². The van der Waals surface area contributed by atoms with E-state index in [1.54, 1.807) is 6.07 Å². The van der Waals surface area contributed by atoms with Gasteiger partial charge in [0.1, 0.15) is 5.82 Å². The average Bonchev–Trinajstić information content (AvgIpc) is 2.12. The first kappa shape index (κ1) is 12.4. The number of nitrogens with two attached hydrogens (primary N) is 1. The van der Waals surface area contributed by atoms with Crippen molar-refractivity contribution in [2.24, 2.45) is 5.92 Å². The Balaban J connectivity index is 2.57. The van der Waals surface area contributed by atoms with Crippen molar-refractivity contribution < 1.29 is 4.39 Å². The van der Waals surface area contributed by atoms with E-state index in [2.05, 4.69) is 20.8 Å². The third-order valence-corrected chi connectivity index (χ3v) is 4.00. The molecule has 0 saturated carbocycles. The summed E-state index contributed by atoms with van der Waals surface area (Å²) in [5.74, 6) is 1.21. The lowest BCUT2D eigenvalue weighted by atomic mass is 10.2. The van der Waals surface area contributed by atoms with Crippen LogP contribution in [0, 0.1) is 11.7 Å². The fraction of sp³-hybridized carbons (Fsp3) is 0.500. The van der Waals surface area contributed by atoms with Crippen LogP contribution < -0.4 is 5.73 Å². The molecule has 0 aliphatic carbocycles. The zero-order valence-electron chi connectivity index (χ0n) is 9.46. The highest BCUT2D eigenvalue weighted by Crippen LogP contribution is 2.24. The van der Waals surface area contributed by atoms with E-state index in [9.17, 15) is 4.39 Å². The van der Waals surface area contributed by atoms with Crippen molar-refractivity contribution in [1.82, 2.24) is 0 Å². The maximum absolute atomic E-state index is 13.0. The molecule has 0 aromatic heterocycles. The first-order valence-electron chi connectivity index (χ1n) is 5.15. The van der Waals surface area contributed by atoms with Crippen molar-refractivity contribution in [1.29, 1.82) is 0 Å². The van der Waals surface area contributed by atoms with Crippen molar-refractivity contribution in [3.63, 3.8) is 0 Å². The summed E-state index contributed by atoms with van der Waals surface area (Å²) >= 11 is 1.83. The van der Waals surface area contributed by atoms with Gasteiger partial charge in [-0.15, -0.1) is 0 Å². The van der Waals surface area contributed by atoms with Gasteiger partial charge in [-0.1, -0.05) is 20.8 Å². The SMILES string of the molecule is CC(C)C(C)SCc1cc(N)cc(F)c1. The monoisotopic (exact) mass is 227 g/mol. The fourth-order valence-electron chi connectivity index (χ4n) is 1.18. The zero-order valence-corrected chi connectivity index (χ0v) is 10.3. The topological polar surface area (TPSA) is 26.0 Å². The molecule has 1 atom stereocenters. The molecule has 0 radical (unpaired) electrons. The molecule has 0 amide bonds. The fourth-order valence-corrected chi connectivity index (χ4v) is 2.19. The predicted octanol–water partition coefficient (Wildman–Crippen LogP) is 3.69. The summed E-state index contributed by atoms with van der Waals surface area (Å²) in [6.07, 6.45) is 0. The van der Waals surface area contributed by atoms with Crippen LogP contribution in [0.5, 0.6) is 0 Å². The minimum absolute atomic E-state index is 0.247. The molecule has 3 heteroatoms. The second-order valence-corrected chi connectivity index (χ2v) is 5.52. The highest BCUT2D eigenvalue weighted by atomic mass is 32.2. The van der Waals surface area contributed by atoms with Gasteiger partial charge in [0, 0.05) is 16.7 Å². The number of nitrogen functional groups attached to an aromatic ring is 1. The maximum Gasteiger partial charge on any atom is 0.125 e. The molecule has 0 saturated heterocycles. The van der Waals surface area contributed by atoms with Crippen LogP contribution in [0.3, 0.4) is 0 Å². The van der Waals surface area contributed by atoms with Crippen LogP contribution in [0.25, 0.3) is 0 Å². The smallest absolute Gasteiger partial charge is 0.125 e. The molecule has 2 N–H and O–H groups in total. The molecule has 1 aromatic rings. The Labute approximate surface area is 95.2 Å². The first-order chi connectivity index (χ1) is 6.99. The van der Waals surface area contributed by atoms with E-state index < -0.39 is 0 Å². The Kier molecular flexibility index (Phi) is 4.45. The van der Waals surface area contributed by atoms with E-state index in [0.717, 1.165) is 11.3 Å². The maximum atomic E-state index is 13.0. The van der Waals surface area contributed by atoms with E-state index >= 15 is 0 Å². The number of halogens is 1. The lowest BCUT2D eigenvalue weighted by Crippen LogP contribution is -2.05. The molecule has 0 aliphatic heterocycles. The van der Waals surface area contributed by atoms with Gasteiger partial charge in [-0.25, -0.2) is 4.39 Å². The molecule has 0 aliphatic rings. The van der Waals surface area contributed by atoms with Gasteiger partial charge in [-0.2, -0.15) is 11.8 Å². The van der Waals surface area contributed by atoms with Crippen LogP contribution in [0.1, 0.15) is 26.3 Å². The molecule has 84 valence electrons. The van der Waals surface area contributed by atoms with Crippen molar-refractivity contribution in [3.05, 3.63) is 29.6 Å². The van der Waals surface area contributed by atoms with Gasteiger partial charge >= 0.3 is 0 Å². The summed E-state index contributed by atoms with van der Waals surface area (Å²) in [6.45, 7) is 6.58. The van der Waals surface area contributed by atoms with Gasteiger partial charge in [0.15, 0.2) is 0 Å². The van der Waals surface area contributed by atoms with E-state index in [1.165, 1.54) is 6.07 Å². The summed E-state index contributed by atoms with van der Waals surface area (Å²) in [6, 6.07) is 4.74. The molecule has 1 aromatic carbocycles. The molecule has 15 heavy (non-hydrogen) atoms. The Hall–Kier alpha value is -0.700. The normalized spacial score (nSPS) is 13.1. The van der Waals surface area contributed by atoms with E-state index in [-0.39, 0.29) is 5.82 Å². The molecule has 0 bridgehead atoms. The summed E-state index contributed by atoms with van der Waals surface area (Å²) in [5, 5.41) is 0.578. The summed E-state index contributed by atoms with van der Waals surface area (Å²) < 4.78 is 13.0. The van der Waals surface area contributed by atoms with Crippen LogP contribution in [0.2, 0.25) is 0 Å². The van der Waals surface area contributed by atoms with Crippen LogP contribution in [0.15, 0.2) is 18.2 Å². The molecule has 1 rings (SSSR count). The van der Waals surface area contributed by atoms with Gasteiger partial charge in [0.2, 0.25) is 0 Å². The van der Waals surface area contributed by atoms with Crippen LogP contribution in [-0.4, -0.2) is 5.25 Å². The molecule has 1 unspecified atom stereocenters. The number of hydrogen-bond donors (Lipinski definition) is 1. The van der Waals surface area contributed by atoms with Crippen LogP contribution >= 0.6 is 11.8 Å². The molecular formula is C12H18FNS. The van der Waals surface area contributed by atoms with E-state index in [1.807, 2.05) is 17.8 Å². The molecule has 0 fully saturated rings. The second kappa shape index (κ2) is 5.40. The zero-order chi connectivity index (χ0) is 11.4. The lowest BCUT2D eigenvalue weighted by Gasteiger charge is -2.14. The minimum Gasteiger partial charge on any atom is -0.399 e. The van der Waals surface area contributed by atoms with Crippen LogP contribution in [-0.2, 0) is 5.75 Å². The van der Waals surface area contributed by atoms with Gasteiger partial charge in [0.25, 0.3) is 0 Å². The second-order valence-electron chi connectivity index (χ2n) is 4.15. The van der Waals surface area contributed by atoms with Gasteiger partial charge in [0.05, 0.1) is 0 Å². The summed E-state index contributed by atoms with van der Waals surface area (Å²) in [5.41, 5.74) is 7.04. The van der Waals surface area contributed by atoms with Crippen molar-refractivity contribution in [2.75, 3.05) is 5.73 Å². The Morgan fingerprint density at radius 1 is 1.27 bits per heavy atom. The van der Waals surface area contributed by atoms with Crippen LogP contribution in [0.4, 0.5) is 10.1 Å². The number of rotatable bonds is 4. The number of anilines is 1. The van der Waals surface area contributed by atoms with Crippen molar-refractivity contribution in [2.45, 2.75) is 31.8 Å². The largest absolute Gasteiger partial charge is 0.399 e. The Bertz CT molecular complexity index is 305. The highest BCUT2D eigenvalue weighted by Gasteiger charge is 2.08. The molecule has 0 heterocycles. The molecular weight excluding hydrogens is 209 g/mol. The Morgan fingerprint density at radius 3 is 2.47 bits per heavy atom. The quantitative estimate of drug-likeness (QED) is 0.794. The van der Waals surface area contributed by atoms with E-state index in [4.69, 9.17) is 5.73 Å². The predicted molar refractivity (Wildman–Crippen MR) is 66.4 cm³/mol. The number of benzene rings is 1. The van der Waals surface area contributed by atoms with E-state index in [0.29, 0.717) is 16.9 Å². The Morgan fingerprint density at radius 2 is 1.93 bits per heavy atom. The average molecular weight is 227 g/mol. The summed E-state index contributed by atoms with van der Waals surface area (Å²) in [7, 11) is 0. The third kappa shape index (κ3) is 4.12. The molecule has 1 nitrogen and oxygen atoms in total. The van der Waals surface area contributed by atoms with Crippen molar-refractivity contribution in [3.8, 4) is 0 Å². The van der Waals surface area contributed by atoms with Gasteiger partial charge in [-0.05, 0) is 29.7 Å². The summed E-state index contributed by atoms with van der Waals surface area (Å²) in [4.78, 5) is 0.